The van der Waals surface area contributed by atoms with Gasteiger partial charge in [-0.05, 0) is 22.1 Å². The van der Waals surface area contributed by atoms with Crippen molar-refractivity contribution in [3.63, 3.8) is 0 Å². The van der Waals surface area contributed by atoms with E-state index < -0.39 is 0 Å². The summed E-state index contributed by atoms with van der Waals surface area (Å²) in [7, 11) is 0. The van der Waals surface area contributed by atoms with Crippen molar-refractivity contribution in [3.8, 4) is 0 Å². The molecule has 66 valence electrons. The van der Waals surface area contributed by atoms with Crippen LogP contribution in [0.15, 0.2) is 0 Å². The zero-order chi connectivity index (χ0) is 9.23. The summed E-state index contributed by atoms with van der Waals surface area (Å²) in [6, 6.07) is 0. The van der Waals surface area contributed by atoms with Gasteiger partial charge in [-0.3, -0.25) is 0 Å². The molecule has 0 N–H and O–H groups in total. The molecule has 1 unspecified atom stereocenters. The highest BCUT2D eigenvalue weighted by Crippen LogP contribution is 2.28. The van der Waals surface area contributed by atoms with E-state index in [2.05, 4.69) is 41.5 Å². The van der Waals surface area contributed by atoms with Crippen LogP contribution in [-0.4, -0.2) is 4.86 Å². The zero-order valence-electron chi connectivity index (χ0n) is 8.56. The Morgan fingerprint density at radius 1 is 1.09 bits per heavy atom. The van der Waals surface area contributed by atoms with E-state index in [1.165, 1.54) is 4.86 Å². The molecule has 0 heterocycles. The van der Waals surface area contributed by atoms with Crippen molar-refractivity contribution in [3.05, 3.63) is 0 Å². The summed E-state index contributed by atoms with van der Waals surface area (Å²) in [4.78, 5) is 1.21. The first kappa shape index (κ1) is 11.1. The molecule has 0 saturated carbocycles. The van der Waals surface area contributed by atoms with Gasteiger partial charge in [0.15, 0.2) is 0 Å². The second kappa shape index (κ2) is 3.66. The maximum Gasteiger partial charge on any atom is -0.00127 e. The highest BCUT2D eigenvalue weighted by Gasteiger charge is 2.24. The molecular formula is C10H20S. The molecule has 1 atom stereocenters. The van der Waals surface area contributed by atoms with Crippen LogP contribution in [0, 0.1) is 17.3 Å². The van der Waals surface area contributed by atoms with Gasteiger partial charge < -0.3 is 0 Å². The molecular weight excluding hydrogens is 152 g/mol. The average molecular weight is 172 g/mol. The fraction of sp³-hybridized carbons (Fsp3) is 0.900. The first-order valence-corrected chi connectivity index (χ1v) is 4.71. The van der Waals surface area contributed by atoms with Crippen LogP contribution in [-0.2, 0) is 0 Å². The largest absolute Gasteiger partial charge is 0.0891 e. The molecule has 0 saturated heterocycles. The number of thiocarbonyl (C=S) groups is 1. The SMILES string of the molecule is CC(C)C(=S)C(C)C(C)(C)C. The molecule has 0 aliphatic heterocycles. The summed E-state index contributed by atoms with van der Waals surface area (Å²) in [5, 5.41) is 0. The van der Waals surface area contributed by atoms with E-state index in [1.807, 2.05) is 0 Å². The van der Waals surface area contributed by atoms with Gasteiger partial charge in [-0.25, -0.2) is 0 Å². The van der Waals surface area contributed by atoms with Gasteiger partial charge in [-0.15, -0.1) is 0 Å². The lowest BCUT2D eigenvalue weighted by molar-refractivity contribution is 0.330. The summed E-state index contributed by atoms with van der Waals surface area (Å²) in [6.45, 7) is 13.3. The molecule has 0 aromatic heterocycles. The second-order valence-corrected chi connectivity index (χ2v) is 5.12. The minimum Gasteiger partial charge on any atom is -0.0891 e. The summed E-state index contributed by atoms with van der Waals surface area (Å²) < 4.78 is 0. The molecule has 0 nitrogen and oxygen atoms in total. The van der Waals surface area contributed by atoms with Gasteiger partial charge in [0.25, 0.3) is 0 Å². The van der Waals surface area contributed by atoms with Gasteiger partial charge in [0.05, 0.1) is 0 Å². The molecule has 0 aliphatic carbocycles. The molecule has 0 rings (SSSR count). The van der Waals surface area contributed by atoms with Gasteiger partial charge in [0, 0.05) is 0 Å². The third-order valence-corrected chi connectivity index (χ3v) is 3.12. The predicted octanol–water partition coefficient (Wildman–Crippen LogP) is 3.69. The number of hydrogen-bond acceptors (Lipinski definition) is 1. The molecule has 0 aliphatic rings. The quantitative estimate of drug-likeness (QED) is 0.572. The van der Waals surface area contributed by atoms with Crippen LogP contribution in [0.25, 0.3) is 0 Å². The summed E-state index contributed by atoms with van der Waals surface area (Å²) in [6.07, 6.45) is 0. The summed E-state index contributed by atoms with van der Waals surface area (Å²) in [5.41, 5.74) is 0.321. The van der Waals surface area contributed by atoms with Crippen molar-refractivity contribution in [2.75, 3.05) is 0 Å². The van der Waals surface area contributed by atoms with Crippen molar-refractivity contribution in [2.45, 2.75) is 41.5 Å². The average Bonchev–Trinajstić information content (AvgIpc) is 1.82. The smallest absolute Gasteiger partial charge is 0.00127 e. The molecule has 1 heteroatoms. The lowest BCUT2D eigenvalue weighted by atomic mass is 9.77. The van der Waals surface area contributed by atoms with Gasteiger partial charge >= 0.3 is 0 Å². The first-order chi connectivity index (χ1) is 4.76. The fourth-order valence-electron chi connectivity index (χ4n) is 0.927. The Bertz CT molecular complexity index is 139. The maximum absolute atomic E-state index is 5.35. The van der Waals surface area contributed by atoms with Gasteiger partial charge in [0.2, 0.25) is 0 Å². The third-order valence-electron chi connectivity index (χ3n) is 2.29. The molecule has 0 spiro atoms. The Morgan fingerprint density at radius 2 is 1.45 bits per heavy atom. The Morgan fingerprint density at radius 3 is 1.55 bits per heavy atom. The minimum absolute atomic E-state index is 0.321. The Balaban J connectivity index is 4.26. The highest BCUT2D eigenvalue weighted by molar-refractivity contribution is 7.80. The van der Waals surface area contributed by atoms with Crippen LogP contribution in [0.3, 0.4) is 0 Å². The number of hydrogen-bond donors (Lipinski definition) is 0. The fourth-order valence-corrected chi connectivity index (χ4v) is 1.28. The standard InChI is InChI=1S/C10H20S/c1-7(2)9(11)8(3)10(4,5)6/h7-8H,1-6H3. The molecule has 0 bridgehead atoms. The van der Waals surface area contributed by atoms with E-state index in [0.717, 1.165) is 0 Å². The van der Waals surface area contributed by atoms with E-state index in [4.69, 9.17) is 12.2 Å². The van der Waals surface area contributed by atoms with Crippen molar-refractivity contribution in [1.29, 1.82) is 0 Å². The Hall–Kier alpha value is 0.0900. The van der Waals surface area contributed by atoms with Crippen LogP contribution >= 0.6 is 12.2 Å². The Labute approximate surface area is 76.4 Å². The molecule has 0 radical (unpaired) electrons. The monoisotopic (exact) mass is 172 g/mol. The summed E-state index contributed by atoms with van der Waals surface area (Å²) >= 11 is 5.35. The van der Waals surface area contributed by atoms with Gasteiger partial charge in [-0.1, -0.05) is 53.8 Å². The minimum atomic E-state index is 0.321. The van der Waals surface area contributed by atoms with Gasteiger partial charge in [0.1, 0.15) is 0 Å². The van der Waals surface area contributed by atoms with Crippen molar-refractivity contribution in [1.82, 2.24) is 0 Å². The van der Waals surface area contributed by atoms with E-state index in [9.17, 15) is 0 Å². The van der Waals surface area contributed by atoms with Crippen molar-refractivity contribution < 1.29 is 0 Å². The van der Waals surface area contributed by atoms with Crippen LogP contribution in [0.2, 0.25) is 0 Å². The lowest BCUT2D eigenvalue weighted by Crippen LogP contribution is -2.27. The van der Waals surface area contributed by atoms with E-state index in [0.29, 0.717) is 17.3 Å². The molecule has 11 heavy (non-hydrogen) atoms. The molecule has 0 aromatic rings. The third kappa shape index (κ3) is 3.33. The van der Waals surface area contributed by atoms with Crippen molar-refractivity contribution >= 4 is 17.1 Å². The molecule has 0 fully saturated rings. The Kier molecular flexibility index (Phi) is 3.69. The number of rotatable bonds is 2. The van der Waals surface area contributed by atoms with E-state index in [1.54, 1.807) is 0 Å². The van der Waals surface area contributed by atoms with Gasteiger partial charge in [-0.2, -0.15) is 0 Å². The highest BCUT2D eigenvalue weighted by atomic mass is 32.1. The second-order valence-electron chi connectivity index (χ2n) is 4.64. The van der Waals surface area contributed by atoms with Crippen LogP contribution in [0.5, 0.6) is 0 Å². The maximum atomic E-state index is 5.35. The zero-order valence-corrected chi connectivity index (χ0v) is 9.38. The molecule has 0 aromatic carbocycles. The van der Waals surface area contributed by atoms with Crippen LogP contribution in [0.4, 0.5) is 0 Å². The van der Waals surface area contributed by atoms with E-state index in [-0.39, 0.29) is 0 Å². The summed E-state index contributed by atoms with van der Waals surface area (Å²) in [5.74, 6) is 1.08. The topological polar surface area (TPSA) is 0 Å². The van der Waals surface area contributed by atoms with E-state index >= 15 is 0 Å². The van der Waals surface area contributed by atoms with Crippen molar-refractivity contribution in [2.24, 2.45) is 17.3 Å². The van der Waals surface area contributed by atoms with Crippen LogP contribution in [0.1, 0.15) is 41.5 Å². The van der Waals surface area contributed by atoms with Crippen LogP contribution < -0.4 is 0 Å². The first-order valence-electron chi connectivity index (χ1n) is 4.30. The normalized spacial score (nSPS) is 15.2. The molecule has 0 amide bonds. The lowest BCUT2D eigenvalue weighted by Gasteiger charge is -2.29. The predicted molar refractivity (Wildman–Crippen MR) is 56.1 cm³/mol.